The number of aromatic nitrogens is 3. The number of aliphatic imine (C=N–C) groups is 1. The van der Waals surface area contributed by atoms with E-state index in [4.69, 9.17) is 4.99 Å². The maximum absolute atomic E-state index is 4.96. The lowest BCUT2D eigenvalue weighted by Crippen LogP contribution is -2.16. The highest BCUT2D eigenvalue weighted by molar-refractivity contribution is 5.93. The molecule has 0 radical (unpaired) electrons. The average molecular weight is 498 g/mol. The molecule has 1 aromatic carbocycles. The zero-order chi connectivity index (χ0) is 25.8. The first-order chi connectivity index (χ1) is 17.9. The third-order valence-corrected chi connectivity index (χ3v) is 8.61. The van der Waals surface area contributed by atoms with Gasteiger partial charge in [-0.25, -0.2) is 0 Å². The molecule has 3 heterocycles. The lowest BCUT2D eigenvalue weighted by molar-refractivity contribution is 0.439. The zero-order valence-corrected chi connectivity index (χ0v) is 23.2. The van der Waals surface area contributed by atoms with E-state index in [9.17, 15) is 0 Å². The lowest BCUT2D eigenvalue weighted by atomic mass is 9.88. The van der Waals surface area contributed by atoms with E-state index < -0.39 is 0 Å². The molecular weight excluding hydrogens is 454 g/mol. The number of nitrogens with zero attached hydrogens (tertiary/aromatic N) is 5. The Balaban J connectivity index is 0.000000655. The molecule has 2 unspecified atom stereocenters. The van der Waals surface area contributed by atoms with Crippen LogP contribution in [-0.4, -0.2) is 46.5 Å². The fourth-order valence-corrected chi connectivity index (χ4v) is 6.31. The average Bonchev–Trinajstić information content (AvgIpc) is 3.21. The van der Waals surface area contributed by atoms with Gasteiger partial charge in [0, 0.05) is 47.2 Å². The van der Waals surface area contributed by atoms with E-state index in [0.29, 0.717) is 5.92 Å². The van der Waals surface area contributed by atoms with E-state index in [1.807, 2.05) is 38.3 Å². The van der Waals surface area contributed by atoms with Crippen molar-refractivity contribution in [1.29, 1.82) is 0 Å². The normalized spacial score (nSPS) is 23.2. The quantitative estimate of drug-likeness (QED) is 0.352. The summed E-state index contributed by atoms with van der Waals surface area (Å²) >= 11 is 0. The molecule has 0 amide bonds. The molecule has 1 aliphatic heterocycles. The Hall–Kier alpha value is -2.79. The molecule has 2 atom stereocenters. The summed E-state index contributed by atoms with van der Waals surface area (Å²) in [5, 5.41) is 5.92. The Labute approximate surface area is 222 Å². The van der Waals surface area contributed by atoms with E-state index in [1.165, 1.54) is 72.7 Å². The number of rotatable bonds is 7. The summed E-state index contributed by atoms with van der Waals surface area (Å²) in [5.74, 6) is 1.62. The number of fused-ring (bicyclic) bond motifs is 2. The maximum Gasteiger partial charge on any atom is 0.0702 e. The number of aryl methyl sites for hydroxylation is 2. The number of hydrogen-bond acceptors (Lipinski definition) is 4. The van der Waals surface area contributed by atoms with Gasteiger partial charge in [0.25, 0.3) is 0 Å². The second-order valence-corrected chi connectivity index (χ2v) is 11.9. The predicted molar refractivity (Wildman–Crippen MR) is 155 cm³/mol. The van der Waals surface area contributed by atoms with E-state index in [1.54, 1.807) is 0 Å². The molecule has 196 valence electrons. The zero-order valence-electron chi connectivity index (χ0n) is 23.2. The second-order valence-electron chi connectivity index (χ2n) is 11.9. The Kier molecular flexibility index (Phi) is 7.89. The summed E-state index contributed by atoms with van der Waals surface area (Å²) in [7, 11) is 6.00. The molecule has 37 heavy (non-hydrogen) atoms. The Morgan fingerprint density at radius 3 is 2.73 bits per heavy atom. The number of pyridine rings is 1. The van der Waals surface area contributed by atoms with Gasteiger partial charge >= 0.3 is 0 Å². The van der Waals surface area contributed by atoms with Crippen molar-refractivity contribution in [3.8, 4) is 0 Å². The topological polar surface area (TPSA) is 46.3 Å². The molecule has 0 N–H and O–H groups in total. The van der Waals surface area contributed by atoms with Gasteiger partial charge in [0.05, 0.1) is 11.7 Å². The SMILES string of the molecule is CC1=NC=C(c2cnn(CCC3CCCC3)c2)CC2CC12CCc1ccc2ncccc2c1.CN(C)C. The fourth-order valence-electron chi connectivity index (χ4n) is 6.31. The number of hydrogen-bond donors (Lipinski definition) is 0. The van der Waals surface area contributed by atoms with Crippen LogP contribution in [0.25, 0.3) is 16.5 Å². The highest BCUT2D eigenvalue weighted by Gasteiger charge is 2.56. The molecular formula is C32H43N5. The second kappa shape index (κ2) is 11.3. The standard InChI is InChI=1S/C29H34N4.C3H9N/c1-21-29(12-10-23-8-9-28-24(15-23)7-4-13-30-28)17-27(29)16-25(18-31-21)26-19-32-33(20-26)14-11-22-5-2-3-6-22;1-4(2)3/h4,7-9,13,15,18-20,22,27H,2-3,5-6,10-12,14,16-17H2,1H3;1-3H3. The van der Waals surface area contributed by atoms with Crippen LogP contribution in [0.1, 0.15) is 69.4 Å². The van der Waals surface area contributed by atoms with Crippen molar-refractivity contribution in [3.05, 3.63) is 66.2 Å². The van der Waals surface area contributed by atoms with Gasteiger partial charge in [-0.15, -0.1) is 0 Å². The summed E-state index contributed by atoms with van der Waals surface area (Å²) in [4.78, 5) is 11.4. The summed E-state index contributed by atoms with van der Waals surface area (Å²) in [6, 6.07) is 10.9. The molecule has 2 saturated carbocycles. The van der Waals surface area contributed by atoms with Crippen LogP contribution in [0.3, 0.4) is 0 Å². The molecule has 2 aliphatic carbocycles. The van der Waals surface area contributed by atoms with Crippen molar-refractivity contribution < 1.29 is 0 Å². The minimum atomic E-state index is 0.278. The highest BCUT2D eigenvalue weighted by Crippen LogP contribution is 2.61. The van der Waals surface area contributed by atoms with Gasteiger partial charge in [0.2, 0.25) is 0 Å². The van der Waals surface area contributed by atoms with Crippen LogP contribution in [0.5, 0.6) is 0 Å². The van der Waals surface area contributed by atoms with Gasteiger partial charge in [0.1, 0.15) is 0 Å². The Morgan fingerprint density at radius 2 is 1.92 bits per heavy atom. The van der Waals surface area contributed by atoms with Crippen molar-refractivity contribution in [2.75, 3.05) is 21.1 Å². The van der Waals surface area contributed by atoms with Crippen LogP contribution in [0, 0.1) is 17.3 Å². The van der Waals surface area contributed by atoms with Crippen molar-refractivity contribution in [1.82, 2.24) is 19.7 Å². The molecule has 2 aromatic heterocycles. The molecule has 3 aliphatic rings. The summed E-state index contributed by atoms with van der Waals surface area (Å²) in [6.45, 7) is 3.30. The van der Waals surface area contributed by atoms with E-state index >= 15 is 0 Å². The molecule has 2 fully saturated rings. The van der Waals surface area contributed by atoms with Gasteiger partial charge in [-0.05, 0) is 101 Å². The first kappa shape index (κ1) is 25.8. The minimum absolute atomic E-state index is 0.278. The summed E-state index contributed by atoms with van der Waals surface area (Å²) in [5.41, 5.74) is 6.71. The molecule has 3 aromatic rings. The largest absolute Gasteiger partial charge is 0.312 e. The van der Waals surface area contributed by atoms with E-state index in [2.05, 4.69) is 64.5 Å². The molecule has 0 saturated heterocycles. The maximum atomic E-state index is 4.96. The van der Waals surface area contributed by atoms with E-state index in [0.717, 1.165) is 30.8 Å². The van der Waals surface area contributed by atoms with Crippen molar-refractivity contribution >= 4 is 22.2 Å². The third-order valence-electron chi connectivity index (χ3n) is 8.61. The van der Waals surface area contributed by atoms with Crippen LogP contribution in [0.2, 0.25) is 0 Å². The van der Waals surface area contributed by atoms with Crippen molar-refractivity contribution in [2.24, 2.45) is 22.2 Å². The van der Waals surface area contributed by atoms with Gasteiger partial charge in [-0.2, -0.15) is 5.10 Å². The number of allylic oxidation sites excluding steroid dienone is 1. The minimum Gasteiger partial charge on any atom is -0.312 e. The van der Waals surface area contributed by atoms with Gasteiger partial charge < -0.3 is 4.90 Å². The fraction of sp³-hybridized carbons (Fsp3) is 0.531. The molecule has 6 rings (SSSR count). The number of benzene rings is 1. The Morgan fingerprint density at radius 1 is 1.11 bits per heavy atom. The summed E-state index contributed by atoms with van der Waals surface area (Å²) < 4.78 is 2.16. The van der Waals surface area contributed by atoms with Gasteiger partial charge in [-0.1, -0.05) is 37.8 Å². The van der Waals surface area contributed by atoms with Crippen LogP contribution in [0.15, 0.2) is 60.1 Å². The highest BCUT2D eigenvalue weighted by atomic mass is 15.3. The first-order valence-electron chi connectivity index (χ1n) is 14.1. The molecule has 0 bridgehead atoms. The van der Waals surface area contributed by atoms with E-state index in [-0.39, 0.29) is 5.41 Å². The Bertz CT molecular complexity index is 1260. The van der Waals surface area contributed by atoms with Crippen LogP contribution >= 0.6 is 0 Å². The van der Waals surface area contributed by atoms with Crippen LogP contribution in [0.4, 0.5) is 0 Å². The van der Waals surface area contributed by atoms with Crippen LogP contribution in [-0.2, 0) is 13.0 Å². The molecule has 5 heteroatoms. The lowest BCUT2D eigenvalue weighted by Gasteiger charge is -2.16. The smallest absolute Gasteiger partial charge is 0.0702 e. The van der Waals surface area contributed by atoms with Crippen molar-refractivity contribution in [2.45, 2.75) is 71.3 Å². The van der Waals surface area contributed by atoms with Gasteiger partial charge in [-0.3, -0.25) is 14.7 Å². The van der Waals surface area contributed by atoms with Crippen molar-refractivity contribution in [3.63, 3.8) is 0 Å². The van der Waals surface area contributed by atoms with Crippen LogP contribution < -0.4 is 0 Å². The third kappa shape index (κ3) is 6.20. The first-order valence-corrected chi connectivity index (χ1v) is 14.1. The monoisotopic (exact) mass is 497 g/mol. The summed E-state index contributed by atoms with van der Waals surface area (Å²) in [6.07, 6.45) is 19.9. The molecule has 5 nitrogen and oxygen atoms in total. The predicted octanol–water partition coefficient (Wildman–Crippen LogP) is 7.03. The van der Waals surface area contributed by atoms with Gasteiger partial charge in [0.15, 0.2) is 0 Å². The molecule has 0 spiro atoms.